The molecule has 1 aliphatic heterocycles. The Balaban J connectivity index is 2.06. The molecule has 0 spiro atoms. The van der Waals surface area contributed by atoms with Gasteiger partial charge in [-0.1, -0.05) is 6.07 Å². The molecule has 2 rings (SSSR count). The molecule has 0 saturated carbocycles. The minimum Gasteiger partial charge on any atom is -0.504 e. The number of hydrogen-bond donors (Lipinski definition) is 4. The third-order valence-electron chi connectivity index (χ3n) is 2.89. The smallest absolute Gasteiger partial charge is 0.255 e. The summed E-state index contributed by atoms with van der Waals surface area (Å²) in [6.45, 7) is 1.72. The Morgan fingerprint density at radius 1 is 1.41 bits per heavy atom. The van der Waals surface area contributed by atoms with Crippen LogP contribution in [0.2, 0.25) is 0 Å². The van der Waals surface area contributed by atoms with Gasteiger partial charge in [0.2, 0.25) is 0 Å². The summed E-state index contributed by atoms with van der Waals surface area (Å²) in [5, 5.41) is 24.9. The lowest BCUT2D eigenvalue weighted by Crippen LogP contribution is -2.45. The summed E-state index contributed by atoms with van der Waals surface area (Å²) in [6, 6.07) is 4.44. The summed E-state index contributed by atoms with van der Waals surface area (Å²) >= 11 is 0. The normalized spacial score (nSPS) is 19.9. The van der Waals surface area contributed by atoms with Crippen molar-refractivity contribution < 1.29 is 15.0 Å². The van der Waals surface area contributed by atoms with Crippen LogP contribution in [0.5, 0.6) is 11.5 Å². The van der Waals surface area contributed by atoms with Gasteiger partial charge in [0.15, 0.2) is 11.5 Å². The highest BCUT2D eigenvalue weighted by molar-refractivity contribution is 5.97. The maximum atomic E-state index is 11.9. The highest BCUT2D eigenvalue weighted by atomic mass is 16.3. The number of piperidine rings is 1. The Bertz CT molecular complexity index is 414. The van der Waals surface area contributed by atoms with Crippen molar-refractivity contribution in [3.05, 3.63) is 23.8 Å². The summed E-state index contributed by atoms with van der Waals surface area (Å²) in [5.41, 5.74) is 0.107. The lowest BCUT2D eigenvalue weighted by atomic mass is 10.1. The van der Waals surface area contributed by atoms with Gasteiger partial charge in [-0.05, 0) is 31.5 Å². The number of phenols is 2. The first kappa shape index (κ1) is 11.7. The van der Waals surface area contributed by atoms with Crippen LogP contribution in [0.1, 0.15) is 23.2 Å². The first-order valence-electron chi connectivity index (χ1n) is 5.71. The standard InChI is InChI=1S/C12H16N2O3/c15-10-5-1-4-9(11(10)16)12(17)14-8-3-2-6-13-7-8/h1,4-5,8,13,15-16H,2-3,6-7H2,(H,14,17)/t8-/m0/s1. The summed E-state index contributed by atoms with van der Waals surface area (Å²) in [7, 11) is 0. The van der Waals surface area contributed by atoms with Crippen LogP contribution < -0.4 is 10.6 Å². The second-order valence-electron chi connectivity index (χ2n) is 4.19. The maximum Gasteiger partial charge on any atom is 0.255 e. The first-order valence-corrected chi connectivity index (χ1v) is 5.71. The van der Waals surface area contributed by atoms with Crippen LogP contribution in [0.3, 0.4) is 0 Å². The molecule has 1 heterocycles. The SMILES string of the molecule is O=C(N[C@H]1CCCNC1)c1cccc(O)c1O. The Hall–Kier alpha value is -1.75. The molecule has 5 nitrogen and oxygen atoms in total. The zero-order valence-corrected chi connectivity index (χ0v) is 9.44. The first-order chi connectivity index (χ1) is 8.18. The van der Waals surface area contributed by atoms with Gasteiger partial charge in [0.05, 0.1) is 5.56 Å². The number of benzene rings is 1. The fourth-order valence-corrected chi connectivity index (χ4v) is 1.95. The molecule has 1 fully saturated rings. The highest BCUT2D eigenvalue weighted by Crippen LogP contribution is 2.28. The highest BCUT2D eigenvalue weighted by Gasteiger charge is 2.19. The van der Waals surface area contributed by atoms with Crippen LogP contribution in [-0.2, 0) is 0 Å². The van der Waals surface area contributed by atoms with E-state index in [1.807, 2.05) is 0 Å². The molecular formula is C12H16N2O3. The van der Waals surface area contributed by atoms with Crippen molar-refractivity contribution in [2.24, 2.45) is 0 Å². The van der Waals surface area contributed by atoms with Crippen molar-refractivity contribution in [2.75, 3.05) is 13.1 Å². The summed E-state index contributed by atoms with van der Waals surface area (Å²) in [5.74, 6) is -1.000. The molecule has 1 aliphatic rings. The topological polar surface area (TPSA) is 81.6 Å². The molecule has 1 aromatic rings. The Kier molecular flexibility index (Phi) is 3.49. The zero-order chi connectivity index (χ0) is 12.3. The van der Waals surface area contributed by atoms with E-state index in [0.717, 1.165) is 25.9 Å². The van der Waals surface area contributed by atoms with Crippen molar-refractivity contribution >= 4 is 5.91 Å². The van der Waals surface area contributed by atoms with Gasteiger partial charge in [-0.15, -0.1) is 0 Å². The molecular weight excluding hydrogens is 220 g/mol. The van der Waals surface area contributed by atoms with Crippen molar-refractivity contribution in [2.45, 2.75) is 18.9 Å². The number of carbonyl (C=O) groups is 1. The molecule has 92 valence electrons. The number of amides is 1. The minimum absolute atomic E-state index is 0.0815. The number of para-hydroxylation sites is 1. The van der Waals surface area contributed by atoms with Crippen LogP contribution in [0.4, 0.5) is 0 Å². The van der Waals surface area contributed by atoms with Crippen molar-refractivity contribution in [3.8, 4) is 11.5 Å². The summed E-state index contributed by atoms with van der Waals surface area (Å²) in [6.07, 6.45) is 1.95. The van der Waals surface area contributed by atoms with E-state index in [2.05, 4.69) is 10.6 Å². The van der Waals surface area contributed by atoms with Crippen LogP contribution in [-0.4, -0.2) is 35.3 Å². The van der Waals surface area contributed by atoms with Gasteiger partial charge in [-0.25, -0.2) is 0 Å². The molecule has 0 unspecified atom stereocenters. The molecule has 1 aromatic carbocycles. The fraction of sp³-hybridized carbons (Fsp3) is 0.417. The van der Waals surface area contributed by atoms with Crippen LogP contribution in [0.15, 0.2) is 18.2 Å². The third kappa shape index (κ3) is 2.68. The molecule has 0 aromatic heterocycles. The van der Waals surface area contributed by atoms with Crippen molar-refractivity contribution in [3.63, 3.8) is 0 Å². The van der Waals surface area contributed by atoms with E-state index >= 15 is 0 Å². The van der Waals surface area contributed by atoms with E-state index in [9.17, 15) is 15.0 Å². The number of phenolic OH excluding ortho intramolecular Hbond substituents is 2. The molecule has 0 radical (unpaired) electrons. The van der Waals surface area contributed by atoms with E-state index < -0.39 is 0 Å². The second kappa shape index (κ2) is 5.05. The van der Waals surface area contributed by atoms with E-state index in [-0.39, 0.29) is 29.0 Å². The molecule has 1 saturated heterocycles. The van der Waals surface area contributed by atoms with E-state index in [4.69, 9.17) is 0 Å². The number of carbonyl (C=O) groups excluding carboxylic acids is 1. The van der Waals surface area contributed by atoms with Gasteiger partial charge >= 0.3 is 0 Å². The molecule has 1 amide bonds. The summed E-state index contributed by atoms with van der Waals surface area (Å²) in [4.78, 5) is 11.9. The maximum absolute atomic E-state index is 11.9. The number of rotatable bonds is 2. The van der Waals surface area contributed by atoms with Gasteiger partial charge in [0, 0.05) is 12.6 Å². The third-order valence-corrected chi connectivity index (χ3v) is 2.89. The predicted molar refractivity (Wildman–Crippen MR) is 63.1 cm³/mol. The van der Waals surface area contributed by atoms with Gasteiger partial charge in [-0.3, -0.25) is 4.79 Å². The molecule has 4 N–H and O–H groups in total. The second-order valence-corrected chi connectivity index (χ2v) is 4.19. The summed E-state index contributed by atoms with van der Waals surface area (Å²) < 4.78 is 0. The van der Waals surface area contributed by atoms with Gasteiger partial charge in [-0.2, -0.15) is 0 Å². The van der Waals surface area contributed by atoms with Crippen LogP contribution >= 0.6 is 0 Å². The van der Waals surface area contributed by atoms with E-state index in [1.54, 1.807) is 0 Å². The minimum atomic E-state index is -0.367. The molecule has 0 bridgehead atoms. The van der Waals surface area contributed by atoms with Crippen LogP contribution in [0.25, 0.3) is 0 Å². The molecule has 5 heteroatoms. The van der Waals surface area contributed by atoms with Crippen molar-refractivity contribution in [1.82, 2.24) is 10.6 Å². The molecule has 1 atom stereocenters. The fourth-order valence-electron chi connectivity index (χ4n) is 1.95. The number of aromatic hydroxyl groups is 2. The molecule has 17 heavy (non-hydrogen) atoms. The average Bonchev–Trinajstić information content (AvgIpc) is 2.34. The van der Waals surface area contributed by atoms with E-state index in [1.165, 1.54) is 18.2 Å². The van der Waals surface area contributed by atoms with Gasteiger partial charge in [0.25, 0.3) is 5.91 Å². The monoisotopic (exact) mass is 236 g/mol. The predicted octanol–water partition coefficient (Wildman–Crippen LogP) is 0.580. The Morgan fingerprint density at radius 3 is 2.94 bits per heavy atom. The quantitative estimate of drug-likeness (QED) is 0.566. The zero-order valence-electron chi connectivity index (χ0n) is 9.44. The van der Waals surface area contributed by atoms with E-state index in [0.29, 0.717) is 0 Å². The number of hydrogen-bond acceptors (Lipinski definition) is 4. The lowest BCUT2D eigenvalue weighted by molar-refractivity contribution is 0.0927. The lowest BCUT2D eigenvalue weighted by Gasteiger charge is -2.23. The van der Waals surface area contributed by atoms with Crippen molar-refractivity contribution in [1.29, 1.82) is 0 Å². The Morgan fingerprint density at radius 2 is 2.24 bits per heavy atom. The van der Waals surface area contributed by atoms with Gasteiger partial charge in [0.1, 0.15) is 0 Å². The van der Waals surface area contributed by atoms with Crippen LogP contribution in [0, 0.1) is 0 Å². The Labute approximate surface area is 99.5 Å². The molecule has 0 aliphatic carbocycles. The average molecular weight is 236 g/mol. The van der Waals surface area contributed by atoms with Gasteiger partial charge < -0.3 is 20.8 Å². The largest absolute Gasteiger partial charge is 0.504 e. The number of nitrogens with one attached hydrogen (secondary N) is 2.